The van der Waals surface area contributed by atoms with Crippen LogP contribution in [-0.2, 0) is 12.8 Å². The number of ether oxygens (including phenoxy) is 2. The summed E-state index contributed by atoms with van der Waals surface area (Å²) in [5.41, 5.74) is 2.55. The van der Waals surface area contributed by atoms with E-state index in [1.54, 1.807) is 0 Å². The van der Waals surface area contributed by atoms with E-state index in [0.29, 0.717) is 14.5 Å². The summed E-state index contributed by atoms with van der Waals surface area (Å²) in [7, 11) is 0. The van der Waals surface area contributed by atoms with Gasteiger partial charge < -0.3 is 0 Å². The van der Waals surface area contributed by atoms with Crippen LogP contribution in [0.25, 0.3) is 0 Å². The second-order valence-electron chi connectivity index (χ2n) is 12.1. The van der Waals surface area contributed by atoms with Gasteiger partial charge in [0.25, 0.3) is 0 Å². The van der Waals surface area contributed by atoms with E-state index in [2.05, 4.69) is 119 Å². The summed E-state index contributed by atoms with van der Waals surface area (Å²) in [6, 6.07) is 17.7. The van der Waals surface area contributed by atoms with Gasteiger partial charge in [-0.25, -0.2) is 0 Å². The Morgan fingerprint density at radius 1 is 0.737 bits per heavy atom. The molecule has 2 aromatic rings. The van der Waals surface area contributed by atoms with E-state index in [1.807, 2.05) is 0 Å². The fourth-order valence-electron chi connectivity index (χ4n) is 4.05. The minimum atomic E-state index is -1.12. The zero-order valence-electron chi connectivity index (χ0n) is 25.0. The van der Waals surface area contributed by atoms with Gasteiger partial charge in [0, 0.05) is 0 Å². The van der Waals surface area contributed by atoms with Crippen LogP contribution in [-0.4, -0.2) is 68.1 Å². The van der Waals surface area contributed by atoms with Crippen LogP contribution >= 0.6 is 4.20 Å². The second kappa shape index (κ2) is 16.5. The van der Waals surface area contributed by atoms with Gasteiger partial charge in [0.2, 0.25) is 0 Å². The van der Waals surface area contributed by atoms with E-state index in [9.17, 15) is 0 Å². The molecule has 2 aromatic carbocycles. The average molecular weight is 736 g/mol. The summed E-state index contributed by atoms with van der Waals surface area (Å²) >= 11 is 5.33. The first-order valence-electron chi connectivity index (χ1n) is 14.2. The maximum atomic E-state index is 6.04. The molecular formula is C32H51O2PSe3. The van der Waals surface area contributed by atoms with Gasteiger partial charge in [-0.15, -0.1) is 0 Å². The third kappa shape index (κ3) is 15.1. The van der Waals surface area contributed by atoms with Gasteiger partial charge in [0.15, 0.2) is 0 Å². The number of unbranched alkanes of at least 4 members (excludes halogenated alkanes) is 3. The van der Waals surface area contributed by atoms with Crippen LogP contribution in [0.3, 0.4) is 0 Å². The quantitative estimate of drug-likeness (QED) is 0.0974. The van der Waals surface area contributed by atoms with E-state index < -0.39 is 4.20 Å². The van der Waals surface area contributed by atoms with Gasteiger partial charge in [0.05, 0.1) is 0 Å². The Bertz CT molecular complexity index is 908. The molecule has 214 valence electrons. The molecule has 0 bridgehead atoms. The van der Waals surface area contributed by atoms with E-state index in [4.69, 9.17) is 9.47 Å². The van der Waals surface area contributed by atoms with Gasteiger partial charge in [0.1, 0.15) is 0 Å². The summed E-state index contributed by atoms with van der Waals surface area (Å²) in [6.45, 7) is 17.5. The zero-order valence-corrected chi connectivity index (χ0v) is 31.1. The van der Waals surface area contributed by atoms with Crippen LogP contribution in [0.1, 0.15) is 92.2 Å². The van der Waals surface area contributed by atoms with Crippen molar-refractivity contribution in [3.63, 3.8) is 0 Å². The fourth-order valence-corrected chi connectivity index (χ4v) is 32.1. The molecule has 0 fully saturated rings. The first kappa shape index (κ1) is 34.2. The maximum absolute atomic E-state index is 6.04. The van der Waals surface area contributed by atoms with Crippen molar-refractivity contribution in [2.45, 2.75) is 114 Å². The number of benzene rings is 2. The van der Waals surface area contributed by atoms with Crippen molar-refractivity contribution in [1.29, 1.82) is 0 Å². The van der Waals surface area contributed by atoms with Crippen molar-refractivity contribution in [1.82, 2.24) is 0 Å². The first-order chi connectivity index (χ1) is 17.8. The molecular weight excluding hydrogens is 684 g/mol. The number of aryl methyl sites for hydroxylation is 2. The Morgan fingerprint density at radius 3 is 1.58 bits per heavy atom. The van der Waals surface area contributed by atoms with Crippen LogP contribution in [0.5, 0.6) is 11.5 Å². The molecule has 0 aliphatic heterocycles. The molecule has 0 heterocycles. The predicted molar refractivity (Wildman–Crippen MR) is 173 cm³/mol. The zero-order chi connectivity index (χ0) is 28.2. The van der Waals surface area contributed by atoms with Crippen molar-refractivity contribution in [2.24, 2.45) is 0 Å². The monoisotopic (exact) mass is 738 g/mol. The van der Waals surface area contributed by atoms with Crippen LogP contribution < -0.4 is 9.47 Å². The van der Waals surface area contributed by atoms with Crippen molar-refractivity contribution >= 4 is 48.8 Å². The normalized spacial score (nSPS) is 13.4. The molecule has 38 heavy (non-hydrogen) atoms. The number of hydrogen-bond donors (Lipinski definition) is 0. The molecule has 0 amide bonds. The molecule has 0 saturated heterocycles. The third-order valence-electron chi connectivity index (χ3n) is 5.87. The van der Waals surface area contributed by atoms with Crippen molar-refractivity contribution < 1.29 is 9.47 Å². The SMILES string of the molecule is CCCCCC[Se]C(C)[Se]P(=[Se])(CCc1ccc(OC(C)(C)C)cc1)CCc1ccc(OC(C)(C)C)cc1. The Balaban J connectivity index is 2.02. The van der Waals surface area contributed by atoms with Crippen molar-refractivity contribution in [3.8, 4) is 11.5 Å². The summed E-state index contributed by atoms with van der Waals surface area (Å²) in [6.07, 6.45) is 10.5. The Hall–Kier alpha value is 0.0284. The molecule has 0 radical (unpaired) electrons. The third-order valence-corrected chi connectivity index (χ3v) is 26.4. The Morgan fingerprint density at radius 2 is 1.18 bits per heavy atom. The second-order valence-corrected chi connectivity index (χ2v) is 34.5. The standard InChI is InChI=1S/C32H51O2PSe3/c1-9-10-11-12-25-37-26(2)38-35(36,23-21-27-13-17-29(18-14-27)33-31(3,4)5)24-22-28-15-19-30(20-16-28)34-32(6,7)8/h13-20,26H,9-12,21-25H2,1-8H3. The molecule has 0 N–H and O–H groups in total. The van der Waals surface area contributed by atoms with Gasteiger partial charge in [-0.05, 0) is 0 Å². The Labute approximate surface area is 254 Å². The number of rotatable bonds is 16. The van der Waals surface area contributed by atoms with Gasteiger partial charge in [-0.2, -0.15) is 0 Å². The van der Waals surface area contributed by atoms with Crippen LogP contribution in [0, 0.1) is 0 Å². The molecule has 0 saturated carbocycles. The molecule has 0 aliphatic carbocycles. The summed E-state index contributed by atoms with van der Waals surface area (Å²) < 4.78 is 11.9. The summed E-state index contributed by atoms with van der Waals surface area (Å²) in [5.74, 6) is 1.93. The molecule has 6 heteroatoms. The summed E-state index contributed by atoms with van der Waals surface area (Å²) in [4.78, 5) is 0. The van der Waals surface area contributed by atoms with Crippen LogP contribution in [0.15, 0.2) is 48.5 Å². The average Bonchev–Trinajstić information content (AvgIpc) is 2.81. The molecule has 1 unspecified atom stereocenters. The Kier molecular flexibility index (Phi) is 14.8. The molecule has 0 aliphatic rings. The van der Waals surface area contributed by atoms with E-state index >= 15 is 0 Å². The molecule has 1 atom stereocenters. The molecule has 2 nitrogen and oxygen atoms in total. The van der Waals surface area contributed by atoms with Gasteiger partial charge in [-0.3, -0.25) is 0 Å². The van der Waals surface area contributed by atoms with Crippen LogP contribution in [0.2, 0.25) is 9.03 Å². The molecule has 2 rings (SSSR count). The van der Waals surface area contributed by atoms with Crippen molar-refractivity contribution in [2.75, 3.05) is 12.3 Å². The van der Waals surface area contributed by atoms with Gasteiger partial charge in [-0.1, -0.05) is 0 Å². The van der Waals surface area contributed by atoms with E-state index in [0.717, 1.165) is 43.0 Å². The van der Waals surface area contributed by atoms with Crippen molar-refractivity contribution in [3.05, 3.63) is 59.7 Å². The van der Waals surface area contributed by atoms with E-state index in [1.165, 1.54) is 54.5 Å². The number of hydrogen-bond acceptors (Lipinski definition) is 2. The van der Waals surface area contributed by atoms with E-state index in [-0.39, 0.29) is 11.2 Å². The first-order valence-corrected chi connectivity index (χ1v) is 24.0. The fraction of sp³-hybridized carbons (Fsp3) is 0.625. The molecule has 0 spiro atoms. The summed E-state index contributed by atoms with van der Waals surface area (Å²) in [5, 5.41) is 1.46. The topological polar surface area (TPSA) is 18.5 Å². The predicted octanol–water partition coefficient (Wildman–Crippen LogP) is 9.02. The van der Waals surface area contributed by atoms with Gasteiger partial charge >= 0.3 is 256 Å². The minimum absolute atomic E-state index is 0.158. The van der Waals surface area contributed by atoms with Crippen LogP contribution in [0.4, 0.5) is 0 Å². The molecule has 0 aromatic heterocycles.